The Labute approximate surface area is 120 Å². The molecule has 2 heterocycles. The largest absolute Gasteiger partial charge is 0.465 e. The Morgan fingerprint density at radius 1 is 1.30 bits per heavy atom. The molecule has 0 aromatic carbocycles. The molecule has 2 rings (SSSR count). The number of hydrogen-bond donors (Lipinski definition) is 0. The summed E-state index contributed by atoms with van der Waals surface area (Å²) in [6.45, 7) is 5.69. The number of ether oxygens (including phenoxy) is 3. The Kier molecular flexibility index (Phi) is 4.68. The Morgan fingerprint density at radius 3 is 2.60 bits per heavy atom. The van der Waals surface area contributed by atoms with Crippen molar-refractivity contribution in [2.45, 2.75) is 71.2 Å². The van der Waals surface area contributed by atoms with Crippen molar-refractivity contribution in [2.75, 3.05) is 6.61 Å². The fourth-order valence-corrected chi connectivity index (χ4v) is 2.51. The molecule has 20 heavy (non-hydrogen) atoms. The zero-order valence-corrected chi connectivity index (χ0v) is 12.5. The summed E-state index contributed by atoms with van der Waals surface area (Å²) >= 11 is 0. The third kappa shape index (κ3) is 3.51. The number of hydrogen-bond acceptors (Lipinski definition) is 5. The fraction of sp³-hybridized carbons (Fsp3) is 0.867. The van der Waals surface area contributed by atoms with Crippen molar-refractivity contribution in [2.24, 2.45) is 5.41 Å². The number of rotatable bonds is 6. The zero-order valence-electron chi connectivity index (χ0n) is 12.5. The maximum Gasteiger partial charge on any atom is 0.311 e. The monoisotopic (exact) mass is 284 g/mol. The predicted octanol–water partition coefficient (Wildman–Crippen LogP) is 2.22. The second-order valence-corrected chi connectivity index (χ2v) is 6.26. The van der Waals surface area contributed by atoms with Gasteiger partial charge >= 0.3 is 11.9 Å². The van der Waals surface area contributed by atoms with E-state index in [4.69, 9.17) is 14.2 Å². The van der Waals surface area contributed by atoms with Crippen molar-refractivity contribution in [3.63, 3.8) is 0 Å². The van der Waals surface area contributed by atoms with E-state index < -0.39 is 5.41 Å². The number of fused-ring (bicyclic) bond motifs is 2. The van der Waals surface area contributed by atoms with Crippen LogP contribution in [-0.2, 0) is 23.8 Å². The van der Waals surface area contributed by atoms with Crippen LogP contribution in [0.5, 0.6) is 0 Å². The molecule has 2 aliphatic heterocycles. The molecule has 0 amide bonds. The minimum Gasteiger partial charge on any atom is -0.465 e. The highest BCUT2D eigenvalue weighted by atomic mass is 16.6. The maximum absolute atomic E-state index is 11.7. The summed E-state index contributed by atoms with van der Waals surface area (Å²) in [7, 11) is 0. The van der Waals surface area contributed by atoms with Crippen LogP contribution < -0.4 is 0 Å². The van der Waals surface area contributed by atoms with Crippen molar-refractivity contribution >= 4 is 11.9 Å². The van der Waals surface area contributed by atoms with E-state index in [-0.39, 0.29) is 43.3 Å². The van der Waals surface area contributed by atoms with Crippen molar-refractivity contribution in [1.29, 1.82) is 0 Å². The molecule has 3 unspecified atom stereocenters. The van der Waals surface area contributed by atoms with Gasteiger partial charge in [0.15, 0.2) is 0 Å². The Bertz CT molecular complexity index is 376. The van der Waals surface area contributed by atoms with Crippen LogP contribution in [0.4, 0.5) is 0 Å². The average molecular weight is 284 g/mol. The summed E-state index contributed by atoms with van der Waals surface area (Å²) in [5.74, 6) is -0.579. The van der Waals surface area contributed by atoms with Crippen molar-refractivity contribution in [1.82, 2.24) is 0 Å². The maximum atomic E-state index is 11.7. The van der Waals surface area contributed by atoms with E-state index in [0.29, 0.717) is 6.42 Å². The van der Waals surface area contributed by atoms with E-state index in [9.17, 15) is 9.59 Å². The molecule has 2 fully saturated rings. The van der Waals surface area contributed by atoms with Gasteiger partial charge in [0.25, 0.3) is 0 Å². The minimum absolute atomic E-state index is 0.0746. The Morgan fingerprint density at radius 2 is 2.05 bits per heavy atom. The van der Waals surface area contributed by atoms with Crippen LogP contribution in [0.1, 0.15) is 52.9 Å². The SMILES string of the molecule is CCC(C)(C)C(=O)OCCC(=O)OC1CC2CCC1O2. The first-order valence-corrected chi connectivity index (χ1v) is 7.44. The normalized spacial score (nSPS) is 28.4. The predicted molar refractivity (Wildman–Crippen MR) is 72.0 cm³/mol. The molecule has 0 aromatic heterocycles. The van der Waals surface area contributed by atoms with Gasteiger partial charge in [-0.05, 0) is 33.1 Å². The molecule has 0 N–H and O–H groups in total. The lowest BCUT2D eigenvalue weighted by Gasteiger charge is -2.21. The molecule has 5 heteroatoms. The molecule has 0 aromatic rings. The molecule has 5 nitrogen and oxygen atoms in total. The van der Waals surface area contributed by atoms with Gasteiger partial charge in [-0.2, -0.15) is 0 Å². The van der Waals surface area contributed by atoms with Crippen molar-refractivity contribution in [3.05, 3.63) is 0 Å². The topological polar surface area (TPSA) is 61.8 Å². The second kappa shape index (κ2) is 6.12. The van der Waals surface area contributed by atoms with Crippen LogP contribution in [0.25, 0.3) is 0 Å². The van der Waals surface area contributed by atoms with Gasteiger partial charge in [0.05, 0.1) is 24.0 Å². The Hall–Kier alpha value is -1.10. The Balaban J connectivity index is 1.65. The van der Waals surface area contributed by atoms with Gasteiger partial charge in [0.2, 0.25) is 0 Å². The molecule has 114 valence electrons. The molecular formula is C15H24O5. The first kappa shape index (κ1) is 15.3. The first-order valence-electron chi connectivity index (χ1n) is 7.44. The lowest BCUT2D eigenvalue weighted by atomic mass is 9.91. The van der Waals surface area contributed by atoms with Crippen LogP contribution in [-0.4, -0.2) is 36.9 Å². The van der Waals surface area contributed by atoms with E-state index in [1.54, 1.807) is 0 Å². The minimum atomic E-state index is -0.498. The summed E-state index contributed by atoms with van der Waals surface area (Å²) in [6, 6.07) is 0. The number of carbonyl (C=O) groups is 2. The molecule has 2 saturated heterocycles. The van der Waals surface area contributed by atoms with Gasteiger partial charge in [-0.25, -0.2) is 0 Å². The van der Waals surface area contributed by atoms with E-state index in [1.807, 2.05) is 20.8 Å². The van der Waals surface area contributed by atoms with E-state index in [0.717, 1.165) is 19.3 Å². The molecule has 2 bridgehead atoms. The quantitative estimate of drug-likeness (QED) is 0.700. The molecule has 2 aliphatic rings. The summed E-state index contributed by atoms with van der Waals surface area (Å²) < 4.78 is 16.1. The van der Waals surface area contributed by atoms with Crippen LogP contribution in [0.15, 0.2) is 0 Å². The van der Waals surface area contributed by atoms with Gasteiger partial charge in [-0.15, -0.1) is 0 Å². The third-order valence-corrected chi connectivity index (χ3v) is 4.31. The highest BCUT2D eigenvalue weighted by Crippen LogP contribution is 2.36. The fourth-order valence-electron chi connectivity index (χ4n) is 2.51. The highest BCUT2D eigenvalue weighted by Gasteiger charge is 2.42. The summed E-state index contributed by atoms with van der Waals surface area (Å²) in [5, 5.41) is 0. The molecule has 0 aliphatic carbocycles. The lowest BCUT2D eigenvalue weighted by Crippen LogP contribution is -2.30. The van der Waals surface area contributed by atoms with Gasteiger partial charge in [-0.3, -0.25) is 9.59 Å². The van der Waals surface area contributed by atoms with Crippen molar-refractivity contribution < 1.29 is 23.8 Å². The van der Waals surface area contributed by atoms with Gasteiger partial charge in [-0.1, -0.05) is 6.92 Å². The van der Waals surface area contributed by atoms with Gasteiger partial charge in [0, 0.05) is 6.42 Å². The second-order valence-electron chi connectivity index (χ2n) is 6.26. The first-order chi connectivity index (χ1) is 9.42. The van der Waals surface area contributed by atoms with Crippen LogP contribution in [0.2, 0.25) is 0 Å². The molecule has 0 saturated carbocycles. The molecule has 0 spiro atoms. The number of carbonyl (C=O) groups excluding carboxylic acids is 2. The smallest absolute Gasteiger partial charge is 0.311 e. The standard InChI is InChI=1S/C15H24O5/c1-4-15(2,3)14(17)18-8-7-13(16)20-12-9-10-5-6-11(12)19-10/h10-12H,4-9H2,1-3H3. The van der Waals surface area contributed by atoms with Gasteiger partial charge < -0.3 is 14.2 Å². The lowest BCUT2D eigenvalue weighted by molar-refractivity contribution is -0.159. The van der Waals surface area contributed by atoms with Crippen molar-refractivity contribution in [3.8, 4) is 0 Å². The summed E-state index contributed by atoms with van der Waals surface area (Å²) in [6.07, 6.45) is 3.90. The summed E-state index contributed by atoms with van der Waals surface area (Å²) in [5.41, 5.74) is -0.498. The number of esters is 2. The third-order valence-electron chi connectivity index (χ3n) is 4.31. The van der Waals surface area contributed by atoms with E-state index >= 15 is 0 Å². The van der Waals surface area contributed by atoms with Crippen LogP contribution >= 0.6 is 0 Å². The van der Waals surface area contributed by atoms with Crippen LogP contribution in [0, 0.1) is 5.41 Å². The van der Waals surface area contributed by atoms with Crippen LogP contribution in [0.3, 0.4) is 0 Å². The highest BCUT2D eigenvalue weighted by molar-refractivity contribution is 5.76. The van der Waals surface area contributed by atoms with E-state index in [1.165, 1.54) is 0 Å². The van der Waals surface area contributed by atoms with Gasteiger partial charge in [0.1, 0.15) is 12.7 Å². The zero-order chi connectivity index (χ0) is 14.8. The molecule has 0 radical (unpaired) electrons. The average Bonchev–Trinajstić information content (AvgIpc) is 3.00. The molecular weight excluding hydrogens is 260 g/mol. The summed E-state index contributed by atoms with van der Waals surface area (Å²) in [4.78, 5) is 23.4. The molecule has 3 atom stereocenters. The van der Waals surface area contributed by atoms with E-state index in [2.05, 4.69) is 0 Å².